The van der Waals surface area contributed by atoms with Crippen molar-refractivity contribution in [3.63, 3.8) is 0 Å². The molecule has 1 N–H and O–H groups in total. The van der Waals surface area contributed by atoms with Crippen molar-refractivity contribution in [2.45, 2.75) is 13.3 Å². The number of fused-ring (bicyclic) bond motifs is 1. The van der Waals surface area contributed by atoms with E-state index in [0.29, 0.717) is 12.2 Å². The second-order valence-corrected chi connectivity index (χ2v) is 7.91. The smallest absolute Gasteiger partial charge is 0.248 e. The molecule has 0 fully saturated rings. The lowest BCUT2D eigenvalue weighted by Crippen LogP contribution is -2.25. The summed E-state index contributed by atoms with van der Waals surface area (Å²) in [5, 5.41) is 2.86. The number of anilines is 2. The minimum atomic E-state index is -0.261. The van der Waals surface area contributed by atoms with Crippen molar-refractivity contribution in [2.24, 2.45) is 0 Å². The summed E-state index contributed by atoms with van der Waals surface area (Å²) in [6.07, 6.45) is 4.04. The third kappa shape index (κ3) is 4.27. The van der Waals surface area contributed by atoms with Crippen molar-refractivity contribution in [3.8, 4) is 10.4 Å². The predicted molar refractivity (Wildman–Crippen MR) is 116 cm³/mol. The Morgan fingerprint density at radius 2 is 1.90 bits per heavy atom. The maximum atomic E-state index is 13.1. The SMILES string of the molecule is CC(=O)N1CCc2cc(NC(=O)/C=C/c3ccc(-c4ccc(F)cc4)s3)ccc21. The topological polar surface area (TPSA) is 49.4 Å². The van der Waals surface area contributed by atoms with Gasteiger partial charge < -0.3 is 10.2 Å². The molecule has 0 unspecified atom stereocenters. The van der Waals surface area contributed by atoms with Crippen LogP contribution >= 0.6 is 11.3 Å². The number of nitrogens with zero attached hydrogens (tertiary/aromatic N) is 1. The van der Waals surface area contributed by atoms with Gasteiger partial charge in [-0.15, -0.1) is 11.3 Å². The summed E-state index contributed by atoms with van der Waals surface area (Å²) in [5.74, 6) is -0.454. The van der Waals surface area contributed by atoms with Crippen LogP contribution in [0.3, 0.4) is 0 Å². The van der Waals surface area contributed by atoms with Crippen LogP contribution in [0.4, 0.5) is 15.8 Å². The van der Waals surface area contributed by atoms with Crippen molar-refractivity contribution in [1.29, 1.82) is 0 Å². The van der Waals surface area contributed by atoms with Crippen molar-refractivity contribution < 1.29 is 14.0 Å². The minimum absolute atomic E-state index is 0.0272. The summed E-state index contributed by atoms with van der Waals surface area (Å²) >= 11 is 1.53. The highest BCUT2D eigenvalue weighted by Crippen LogP contribution is 2.31. The van der Waals surface area contributed by atoms with E-state index in [0.717, 1.165) is 33.0 Å². The number of rotatable bonds is 4. The number of carbonyl (C=O) groups excluding carboxylic acids is 2. The molecule has 4 rings (SSSR count). The first-order chi connectivity index (χ1) is 14.0. The van der Waals surface area contributed by atoms with Gasteiger partial charge in [-0.25, -0.2) is 4.39 Å². The minimum Gasteiger partial charge on any atom is -0.323 e. The Labute approximate surface area is 172 Å². The molecule has 6 heteroatoms. The Hall–Kier alpha value is -3.25. The number of halogens is 1. The van der Waals surface area contributed by atoms with Gasteiger partial charge in [-0.1, -0.05) is 12.1 Å². The Balaban J connectivity index is 1.41. The van der Waals surface area contributed by atoms with Crippen LogP contribution in [0.25, 0.3) is 16.5 Å². The third-order valence-electron chi connectivity index (χ3n) is 4.78. The average molecular weight is 406 g/mol. The zero-order valence-electron chi connectivity index (χ0n) is 15.8. The van der Waals surface area contributed by atoms with Crippen LogP contribution in [0.2, 0.25) is 0 Å². The number of hydrogen-bond donors (Lipinski definition) is 1. The molecule has 2 amide bonds. The Kier molecular flexibility index (Phi) is 5.27. The van der Waals surface area contributed by atoms with Crippen LogP contribution in [0.15, 0.2) is 60.7 Å². The fraction of sp³-hybridized carbons (Fsp3) is 0.130. The van der Waals surface area contributed by atoms with E-state index >= 15 is 0 Å². The predicted octanol–water partition coefficient (Wildman–Crippen LogP) is 5.12. The van der Waals surface area contributed by atoms with Gasteiger partial charge in [-0.3, -0.25) is 9.59 Å². The standard InChI is InChI=1S/C23H19FN2O2S/c1-15(27)26-13-12-17-14-19(6-9-21(17)26)25-23(28)11-8-20-7-10-22(29-20)16-2-4-18(24)5-3-16/h2-11,14H,12-13H2,1H3,(H,25,28)/b11-8+. The van der Waals surface area contributed by atoms with Crippen LogP contribution in [0.1, 0.15) is 17.4 Å². The molecule has 0 bridgehead atoms. The first-order valence-corrected chi connectivity index (χ1v) is 10.1. The van der Waals surface area contributed by atoms with Gasteiger partial charge in [-0.05, 0) is 66.1 Å². The Morgan fingerprint density at radius 3 is 2.66 bits per heavy atom. The Bertz CT molecular complexity index is 1100. The molecule has 2 aromatic carbocycles. The van der Waals surface area contributed by atoms with E-state index < -0.39 is 0 Å². The molecule has 146 valence electrons. The number of carbonyl (C=O) groups is 2. The quantitative estimate of drug-likeness (QED) is 0.612. The third-order valence-corrected chi connectivity index (χ3v) is 5.88. The summed E-state index contributed by atoms with van der Waals surface area (Å²) in [7, 11) is 0. The van der Waals surface area contributed by atoms with E-state index in [4.69, 9.17) is 0 Å². The zero-order chi connectivity index (χ0) is 20.4. The summed E-state index contributed by atoms with van der Waals surface area (Å²) in [4.78, 5) is 27.6. The summed E-state index contributed by atoms with van der Waals surface area (Å²) in [5.41, 5.74) is 3.63. The monoisotopic (exact) mass is 406 g/mol. The fourth-order valence-corrected chi connectivity index (χ4v) is 4.28. The van der Waals surface area contributed by atoms with Crippen LogP contribution in [0.5, 0.6) is 0 Å². The number of thiophene rings is 1. The largest absolute Gasteiger partial charge is 0.323 e. The molecule has 1 aromatic heterocycles. The molecule has 1 aliphatic heterocycles. The number of nitrogens with one attached hydrogen (secondary N) is 1. The number of hydrogen-bond acceptors (Lipinski definition) is 3. The molecule has 2 heterocycles. The average Bonchev–Trinajstić information content (AvgIpc) is 3.34. The fourth-order valence-electron chi connectivity index (χ4n) is 3.36. The van der Waals surface area contributed by atoms with E-state index in [1.165, 1.54) is 29.5 Å². The van der Waals surface area contributed by atoms with E-state index in [1.807, 2.05) is 30.3 Å². The molecule has 1 aliphatic rings. The summed E-state index contributed by atoms with van der Waals surface area (Å²) < 4.78 is 13.1. The van der Waals surface area contributed by atoms with Gasteiger partial charge in [0.1, 0.15) is 5.82 Å². The molecule has 0 saturated carbocycles. The van der Waals surface area contributed by atoms with Crippen molar-refractivity contribution >= 4 is 40.6 Å². The van der Waals surface area contributed by atoms with Crippen molar-refractivity contribution in [1.82, 2.24) is 0 Å². The molecule has 0 radical (unpaired) electrons. The van der Waals surface area contributed by atoms with Gasteiger partial charge in [-0.2, -0.15) is 0 Å². The Morgan fingerprint density at radius 1 is 1.10 bits per heavy atom. The summed E-state index contributed by atoms with van der Waals surface area (Å²) in [6, 6.07) is 15.8. The lowest BCUT2D eigenvalue weighted by Gasteiger charge is -2.14. The van der Waals surface area contributed by atoms with Crippen LogP contribution in [-0.2, 0) is 16.0 Å². The van der Waals surface area contributed by atoms with Gasteiger partial charge in [0.05, 0.1) is 0 Å². The molecule has 0 spiro atoms. The molecular weight excluding hydrogens is 387 g/mol. The maximum Gasteiger partial charge on any atom is 0.248 e. The van der Waals surface area contributed by atoms with Gasteiger partial charge in [0.25, 0.3) is 0 Å². The van der Waals surface area contributed by atoms with Gasteiger partial charge in [0.15, 0.2) is 0 Å². The van der Waals surface area contributed by atoms with Crippen molar-refractivity contribution in [2.75, 3.05) is 16.8 Å². The molecule has 0 aliphatic carbocycles. The van der Waals surface area contributed by atoms with Crippen molar-refractivity contribution in [3.05, 3.63) is 76.9 Å². The molecule has 3 aromatic rings. The highest BCUT2D eigenvalue weighted by atomic mass is 32.1. The van der Waals surface area contributed by atoms with E-state index in [1.54, 1.807) is 30.0 Å². The highest BCUT2D eigenvalue weighted by Gasteiger charge is 2.22. The zero-order valence-corrected chi connectivity index (χ0v) is 16.6. The summed E-state index contributed by atoms with van der Waals surface area (Å²) in [6.45, 7) is 2.23. The van der Waals surface area contributed by atoms with Crippen LogP contribution in [-0.4, -0.2) is 18.4 Å². The molecule has 0 saturated heterocycles. The maximum absolute atomic E-state index is 13.1. The van der Waals surface area contributed by atoms with Gasteiger partial charge in [0, 0.05) is 40.7 Å². The van der Waals surface area contributed by atoms with E-state index in [-0.39, 0.29) is 17.6 Å². The van der Waals surface area contributed by atoms with Gasteiger partial charge in [0.2, 0.25) is 11.8 Å². The first kappa shape index (κ1) is 19.1. The first-order valence-electron chi connectivity index (χ1n) is 9.25. The molecule has 4 nitrogen and oxygen atoms in total. The molecule has 29 heavy (non-hydrogen) atoms. The molecule has 0 atom stereocenters. The number of benzene rings is 2. The normalized spacial score (nSPS) is 13.0. The lowest BCUT2D eigenvalue weighted by atomic mass is 10.1. The molecular formula is C23H19FN2O2S. The van der Waals surface area contributed by atoms with Crippen LogP contribution in [0, 0.1) is 5.82 Å². The number of amides is 2. The van der Waals surface area contributed by atoms with E-state index in [9.17, 15) is 14.0 Å². The second kappa shape index (κ2) is 8.01. The van der Waals surface area contributed by atoms with Crippen LogP contribution < -0.4 is 10.2 Å². The lowest BCUT2D eigenvalue weighted by molar-refractivity contribution is -0.116. The second-order valence-electron chi connectivity index (χ2n) is 6.80. The highest BCUT2D eigenvalue weighted by molar-refractivity contribution is 7.16. The van der Waals surface area contributed by atoms with Gasteiger partial charge >= 0.3 is 0 Å². The van der Waals surface area contributed by atoms with E-state index in [2.05, 4.69) is 5.32 Å².